The van der Waals surface area contributed by atoms with E-state index in [1.54, 1.807) is 37.9 Å². The van der Waals surface area contributed by atoms with Gasteiger partial charge in [0.15, 0.2) is 0 Å². The Labute approximate surface area is 226 Å². The minimum atomic E-state index is -3.88. The van der Waals surface area contributed by atoms with Crippen molar-refractivity contribution < 1.29 is 27.8 Å². The van der Waals surface area contributed by atoms with Gasteiger partial charge in [-0.2, -0.15) is 4.31 Å². The van der Waals surface area contributed by atoms with Gasteiger partial charge in [-0.3, -0.25) is 4.79 Å². The first-order valence-corrected chi connectivity index (χ1v) is 13.8. The van der Waals surface area contributed by atoms with Gasteiger partial charge in [-0.1, -0.05) is 23.4 Å². The standard InChI is InChI=1S/C27H29N5O6S/c1-16-7-8-18(21(13-25(33)34)19-11-22-26(23(12-19)37-4)31(3)30-29-22)10-20(16)15-32-14-17(2)38-27-24(39(32,35)36)6-5-9-28-27/h5-12,17,21H,13-15H2,1-4H3,(H,33,34)/t17-,21?/m0/s1. The lowest BCUT2D eigenvalue weighted by molar-refractivity contribution is -0.137. The van der Waals surface area contributed by atoms with Crippen LogP contribution in [0.4, 0.5) is 0 Å². The maximum absolute atomic E-state index is 13.6. The quantitative estimate of drug-likeness (QED) is 0.367. The van der Waals surface area contributed by atoms with E-state index < -0.39 is 28.0 Å². The number of aryl methyl sites for hydroxylation is 2. The summed E-state index contributed by atoms with van der Waals surface area (Å²) in [4.78, 5) is 16.1. The maximum Gasteiger partial charge on any atom is 0.304 e. The highest BCUT2D eigenvalue weighted by Gasteiger charge is 2.34. The summed E-state index contributed by atoms with van der Waals surface area (Å²) in [6.45, 7) is 3.94. The number of hydrogen-bond donors (Lipinski definition) is 1. The number of pyridine rings is 1. The molecule has 2 aromatic carbocycles. The predicted molar refractivity (Wildman–Crippen MR) is 142 cm³/mol. The van der Waals surface area contributed by atoms with E-state index in [1.165, 1.54) is 16.6 Å². The molecule has 0 bridgehead atoms. The van der Waals surface area contributed by atoms with Gasteiger partial charge in [-0.15, -0.1) is 5.10 Å². The van der Waals surface area contributed by atoms with E-state index in [2.05, 4.69) is 15.3 Å². The molecule has 39 heavy (non-hydrogen) atoms. The molecule has 4 aromatic rings. The number of nitrogens with zero attached hydrogens (tertiary/aromatic N) is 5. The number of carboxylic acids is 1. The molecule has 0 radical (unpaired) electrons. The molecule has 5 rings (SSSR count). The first-order chi connectivity index (χ1) is 18.6. The molecule has 3 heterocycles. The molecule has 12 heteroatoms. The molecule has 0 saturated carbocycles. The van der Waals surface area contributed by atoms with Gasteiger partial charge in [0.25, 0.3) is 0 Å². The highest BCUT2D eigenvalue weighted by atomic mass is 32.2. The van der Waals surface area contributed by atoms with Gasteiger partial charge in [0, 0.05) is 25.7 Å². The van der Waals surface area contributed by atoms with Gasteiger partial charge in [0.05, 0.1) is 20.1 Å². The third-order valence-corrected chi connectivity index (χ3v) is 8.76. The van der Waals surface area contributed by atoms with Crippen molar-refractivity contribution in [3.05, 3.63) is 70.9 Å². The fourth-order valence-electron chi connectivity index (χ4n) is 4.97. The van der Waals surface area contributed by atoms with Crippen LogP contribution in [0.3, 0.4) is 0 Å². The number of aliphatic carboxylic acids is 1. The molecule has 1 unspecified atom stereocenters. The highest BCUT2D eigenvalue weighted by Crippen LogP contribution is 2.36. The number of rotatable bonds is 7. The fraction of sp³-hybridized carbons (Fsp3) is 0.333. The van der Waals surface area contributed by atoms with Crippen LogP contribution >= 0.6 is 0 Å². The summed E-state index contributed by atoms with van der Waals surface area (Å²) in [7, 11) is -0.582. The molecule has 0 saturated heterocycles. The summed E-state index contributed by atoms with van der Waals surface area (Å²) in [6, 6.07) is 12.3. The number of ether oxygens (including phenoxy) is 2. The smallest absolute Gasteiger partial charge is 0.304 e. The van der Waals surface area contributed by atoms with Crippen molar-refractivity contribution in [2.45, 2.75) is 43.7 Å². The molecular weight excluding hydrogens is 522 g/mol. The number of carbonyl (C=O) groups is 1. The lowest BCUT2D eigenvalue weighted by atomic mass is 9.86. The van der Waals surface area contributed by atoms with Crippen LogP contribution in [0.25, 0.3) is 11.0 Å². The molecule has 204 valence electrons. The Balaban J connectivity index is 1.56. The van der Waals surface area contributed by atoms with E-state index in [4.69, 9.17) is 9.47 Å². The second-order valence-corrected chi connectivity index (χ2v) is 11.6. The topological polar surface area (TPSA) is 137 Å². The molecule has 0 fully saturated rings. The van der Waals surface area contributed by atoms with Crippen LogP contribution in [0.15, 0.2) is 53.6 Å². The van der Waals surface area contributed by atoms with Crippen LogP contribution in [0.2, 0.25) is 0 Å². The van der Waals surface area contributed by atoms with Crippen molar-refractivity contribution in [3.63, 3.8) is 0 Å². The SMILES string of the molecule is COc1cc(C(CC(=O)O)c2ccc(C)c(CN3C[C@H](C)Oc4ncccc4S3(=O)=O)c2)cc2nnn(C)c12. The summed E-state index contributed by atoms with van der Waals surface area (Å²) < 4.78 is 41.5. The summed E-state index contributed by atoms with van der Waals surface area (Å²) in [5, 5.41) is 18.0. The Hall–Kier alpha value is -4.03. The highest BCUT2D eigenvalue weighted by molar-refractivity contribution is 7.89. The summed E-state index contributed by atoms with van der Waals surface area (Å²) in [6.07, 6.45) is 0.911. The molecule has 0 amide bonds. The minimum absolute atomic E-state index is 0.0243. The average molecular weight is 552 g/mol. The molecule has 1 N–H and O–H groups in total. The van der Waals surface area contributed by atoms with Crippen LogP contribution in [0, 0.1) is 6.92 Å². The van der Waals surface area contributed by atoms with Gasteiger partial charge in [-0.05, 0) is 60.4 Å². The summed E-state index contributed by atoms with van der Waals surface area (Å²) >= 11 is 0. The van der Waals surface area contributed by atoms with E-state index in [1.807, 2.05) is 31.2 Å². The Kier molecular flexibility index (Phi) is 7.00. The average Bonchev–Trinajstić information content (AvgIpc) is 3.24. The van der Waals surface area contributed by atoms with E-state index in [9.17, 15) is 18.3 Å². The molecule has 1 aliphatic heterocycles. The van der Waals surface area contributed by atoms with E-state index in [-0.39, 0.29) is 30.3 Å². The third kappa shape index (κ3) is 5.04. The van der Waals surface area contributed by atoms with Crippen molar-refractivity contribution in [2.75, 3.05) is 13.7 Å². The van der Waals surface area contributed by atoms with Crippen molar-refractivity contribution >= 4 is 27.0 Å². The minimum Gasteiger partial charge on any atom is -0.494 e. The third-order valence-electron chi connectivity index (χ3n) is 6.94. The number of hydrogen-bond acceptors (Lipinski definition) is 8. The lowest BCUT2D eigenvalue weighted by Gasteiger charge is -2.24. The van der Waals surface area contributed by atoms with Crippen molar-refractivity contribution in [2.24, 2.45) is 7.05 Å². The fourth-order valence-corrected chi connectivity index (χ4v) is 6.53. The normalized spacial score (nSPS) is 17.7. The maximum atomic E-state index is 13.6. The number of sulfonamides is 1. The van der Waals surface area contributed by atoms with Gasteiger partial charge >= 0.3 is 5.97 Å². The molecule has 2 aromatic heterocycles. The number of benzene rings is 2. The van der Waals surface area contributed by atoms with E-state index in [0.717, 1.165) is 16.7 Å². The lowest BCUT2D eigenvalue weighted by Crippen LogP contribution is -2.35. The summed E-state index contributed by atoms with van der Waals surface area (Å²) in [5.41, 5.74) is 4.39. The van der Waals surface area contributed by atoms with Gasteiger partial charge in [0.1, 0.15) is 27.8 Å². The largest absolute Gasteiger partial charge is 0.494 e. The number of carboxylic acid groups (broad SMARTS) is 1. The first kappa shape index (κ1) is 26.6. The number of aromatic nitrogens is 4. The molecule has 1 aliphatic rings. The van der Waals surface area contributed by atoms with Gasteiger partial charge in [-0.25, -0.2) is 18.1 Å². The Morgan fingerprint density at radius 3 is 2.77 bits per heavy atom. The van der Waals surface area contributed by atoms with Crippen LogP contribution in [-0.4, -0.2) is 63.5 Å². The molecular formula is C27H29N5O6S. The second-order valence-electron chi connectivity index (χ2n) is 9.67. The van der Waals surface area contributed by atoms with Crippen molar-refractivity contribution in [1.82, 2.24) is 24.3 Å². The Morgan fingerprint density at radius 2 is 2.03 bits per heavy atom. The first-order valence-electron chi connectivity index (χ1n) is 12.4. The predicted octanol–water partition coefficient (Wildman–Crippen LogP) is 3.26. The zero-order valence-corrected chi connectivity index (χ0v) is 22.8. The van der Waals surface area contributed by atoms with Gasteiger partial charge in [0.2, 0.25) is 15.9 Å². The van der Waals surface area contributed by atoms with E-state index >= 15 is 0 Å². The van der Waals surface area contributed by atoms with Gasteiger partial charge < -0.3 is 14.6 Å². The van der Waals surface area contributed by atoms with Crippen LogP contribution in [0.1, 0.15) is 41.5 Å². The van der Waals surface area contributed by atoms with Crippen molar-refractivity contribution in [1.29, 1.82) is 0 Å². The number of fused-ring (bicyclic) bond motifs is 2. The zero-order chi connectivity index (χ0) is 27.9. The Bertz CT molecular complexity index is 1670. The molecule has 0 spiro atoms. The van der Waals surface area contributed by atoms with Crippen molar-refractivity contribution in [3.8, 4) is 11.6 Å². The van der Waals surface area contributed by atoms with Crippen LogP contribution in [0.5, 0.6) is 11.6 Å². The zero-order valence-electron chi connectivity index (χ0n) is 22.0. The second kappa shape index (κ2) is 10.3. The number of methoxy groups -OCH3 is 1. The van der Waals surface area contributed by atoms with Crippen LogP contribution < -0.4 is 9.47 Å². The molecule has 0 aliphatic carbocycles. The monoisotopic (exact) mass is 551 g/mol. The molecule has 11 nitrogen and oxygen atoms in total. The van der Waals surface area contributed by atoms with Crippen LogP contribution in [-0.2, 0) is 28.4 Å². The van der Waals surface area contributed by atoms with E-state index in [0.29, 0.717) is 22.3 Å². The summed E-state index contributed by atoms with van der Waals surface area (Å²) in [5.74, 6) is -0.872. The molecule has 2 atom stereocenters. The Morgan fingerprint density at radius 1 is 1.23 bits per heavy atom.